The Bertz CT molecular complexity index is 81.0. The van der Waals surface area contributed by atoms with Crippen LogP contribution >= 0.6 is 12.6 Å². The Balaban J connectivity index is 3.15. The van der Waals surface area contributed by atoms with E-state index >= 15 is 0 Å². The second-order valence-electron chi connectivity index (χ2n) is 2.06. The van der Waals surface area contributed by atoms with E-state index in [1.165, 1.54) is 0 Å². The highest BCUT2D eigenvalue weighted by molar-refractivity contribution is 7.80. The summed E-state index contributed by atoms with van der Waals surface area (Å²) in [7, 11) is 0. The third kappa shape index (κ3) is 5.93. The fourth-order valence-corrected chi connectivity index (χ4v) is 0.853. The van der Waals surface area contributed by atoms with E-state index in [4.69, 9.17) is 5.73 Å². The molecule has 0 aromatic carbocycles. The average Bonchev–Trinajstić information content (AvgIpc) is 1.85. The lowest BCUT2D eigenvalue weighted by molar-refractivity contribution is 0.709. The van der Waals surface area contributed by atoms with Gasteiger partial charge in [-0.1, -0.05) is 12.2 Å². The van der Waals surface area contributed by atoms with Gasteiger partial charge in [0.2, 0.25) is 0 Å². The molecule has 54 valence electrons. The molecule has 0 aromatic rings. The maximum absolute atomic E-state index is 5.65. The molecule has 1 unspecified atom stereocenters. The molecule has 0 saturated carbocycles. The summed E-state index contributed by atoms with van der Waals surface area (Å²) in [5, 5.41) is 0. The van der Waals surface area contributed by atoms with Crippen molar-refractivity contribution in [1.29, 1.82) is 0 Å². The number of rotatable bonds is 4. The Labute approximate surface area is 62.7 Å². The highest BCUT2D eigenvalue weighted by atomic mass is 32.1. The summed E-state index contributed by atoms with van der Waals surface area (Å²) in [6.07, 6.45) is 6.16. The van der Waals surface area contributed by atoms with Gasteiger partial charge in [-0.15, -0.1) is 0 Å². The van der Waals surface area contributed by atoms with Crippen molar-refractivity contribution < 1.29 is 0 Å². The molecule has 0 amide bonds. The van der Waals surface area contributed by atoms with Gasteiger partial charge < -0.3 is 5.73 Å². The predicted molar refractivity (Wildman–Crippen MR) is 45.9 cm³/mol. The average molecular weight is 145 g/mol. The molecule has 1 atom stereocenters. The molecule has 2 heteroatoms. The van der Waals surface area contributed by atoms with E-state index in [0.29, 0.717) is 0 Å². The van der Waals surface area contributed by atoms with E-state index in [0.717, 1.165) is 18.6 Å². The third-order valence-corrected chi connectivity index (χ3v) is 1.45. The van der Waals surface area contributed by atoms with Crippen LogP contribution in [-0.4, -0.2) is 11.8 Å². The second kappa shape index (κ2) is 6.17. The van der Waals surface area contributed by atoms with Gasteiger partial charge in [0.15, 0.2) is 0 Å². The topological polar surface area (TPSA) is 26.0 Å². The maximum atomic E-state index is 5.65. The SMILES string of the molecule is CC=CC(N)CCCS. The Morgan fingerprint density at radius 2 is 2.33 bits per heavy atom. The van der Waals surface area contributed by atoms with Gasteiger partial charge in [-0.25, -0.2) is 0 Å². The lowest BCUT2D eigenvalue weighted by Crippen LogP contribution is -2.16. The van der Waals surface area contributed by atoms with Gasteiger partial charge in [0.1, 0.15) is 0 Å². The molecule has 2 N–H and O–H groups in total. The number of hydrogen-bond donors (Lipinski definition) is 2. The summed E-state index contributed by atoms with van der Waals surface area (Å²) < 4.78 is 0. The fraction of sp³-hybridized carbons (Fsp3) is 0.714. The van der Waals surface area contributed by atoms with Crippen molar-refractivity contribution in [3.63, 3.8) is 0 Å². The predicted octanol–water partition coefficient (Wildman–Crippen LogP) is 1.60. The highest BCUT2D eigenvalue weighted by Crippen LogP contribution is 1.96. The molecule has 9 heavy (non-hydrogen) atoms. The van der Waals surface area contributed by atoms with E-state index < -0.39 is 0 Å². The van der Waals surface area contributed by atoms with Crippen molar-refractivity contribution >= 4 is 12.6 Å². The molecule has 0 aliphatic rings. The first-order valence-corrected chi connectivity index (χ1v) is 3.93. The van der Waals surface area contributed by atoms with E-state index in [9.17, 15) is 0 Å². The fourth-order valence-electron chi connectivity index (χ4n) is 0.670. The normalized spacial score (nSPS) is 14.6. The monoisotopic (exact) mass is 145 g/mol. The minimum Gasteiger partial charge on any atom is -0.324 e. The van der Waals surface area contributed by atoms with Crippen LogP contribution in [0.3, 0.4) is 0 Å². The first-order chi connectivity index (χ1) is 4.31. The molecular formula is C7H15NS. The summed E-state index contributed by atoms with van der Waals surface area (Å²) in [5.74, 6) is 0.936. The third-order valence-electron chi connectivity index (χ3n) is 1.14. The zero-order valence-electron chi connectivity index (χ0n) is 5.88. The van der Waals surface area contributed by atoms with Gasteiger partial charge in [-0.2, -0.15) is 12.6 Å². The van der Waals surface area contributed by atoms with Crippen LogP contribution in [0, 0.1) is 0 Å². The lowest BCUT2D eigenvalue weighted by atomic mass is 10.2. The second-order valence-corrected chi connectivity index (χ2v) is 2.50. The standard InChI is InChI=1S/C7H15NS/c1-2-4-7(8)5-3-6-9/h2,4,7,9H,3,5-6,8H2,1H3. The van der Waals surface area contributed by atoms with Gasteiger partial charge in [-0.05, 0) is 25.5 Å². The smallest absolute Gasteiger partial charge is 0.0223 e. The molecule has 0 saturated heterocycles. The van der Waals surface area contributed by atoms with Crippen LogP contribution in [0.15, 0.2) is 12.2 Å². The summed E-state index contributed by atoms with van der Waals surface area (Å²) in [6.45, 7) is 1.99. The van der Waals surface area contributed by atoms with E-state index in [1.807, 2.05) is 19.1 Å². The molecule has 0 aliphatic carbocycles. The lowest BCUT2D eigenvalue weighted by Gasteiger charge is -2.02. The minimum absolute atomic E-state index is 0.238. The van der Waals surface area contributed by atoms with Crippen LogP contribution in [-0.2, 0) is 0 Å². The van der Waals surface area contributed by atoms with Gasteiger partial charge in [0.05, 0.1) is 0 Å². The first kappa shape index (κ1) is 9.05. The zero-order valence-corrected chi connectivity index (χ0v) is 6.77. The van der Waals surface area contributed by atoms with Crippen LogP contribution in [0.2, 0.25) is 0 Å². The van der Waals surface area contributed by atoms with Gasteiger partial charge >= 0.3 is 0 Å². The number of nitrogens with two attached hydrogens (primary N) is 1. The molecule has 0 aliphatic heterocycles. The Morgan fingerprint density at radius 1 is 1.67 bits per heavy atom. The van der Waals surface area contributed by atoms with E-state index in [1.54, 1.807) is 0 Å². The quantitative estimate of drug-likeness (QED) is 0.456. The summed E-state index contributed by atoms with van der Waals surface area (Å²) in [5.41, 5.74) is 5.65. The molecule has 1 nitrogen and oxygen atoms in total. The van der Waals surface area contributed by atoms with Crippen molar-refractivity contribution in [3.05, 3.63) is 12.2 Å². The molecular weight excluding hydrogens is 130 g/mol. The Kier molecular flexibility index (Phi) is 6.21. The molecule has 0 aromatic heterocycles. The molecule has 0 fully saturated rings. The molecule has 0 spiro atoms. The maximum Gasteiger partial charge on any atom is 0.0223 e. The zero-order chi connectivity index (χ0) is 7.11. The number of hydrogen-bond acceptors (Lipinski definition) is 2. The molecule has 0 heterocycles. The minimum atomic E-state index is 0.238. The molecule has 0 bridgehead atoms. The summed E-state index contributed by atoms with van der Waals surface area (Å²) >= 11 is 4.08. The van der Waals surface area contributed by atoms with Crippen LogP contribution in [0.4, 0.5) is 0 Å². The Hall–Kier alpha value is 0.0500. The first-order valence-electron chi connectivity index (χ1n) is 3.30. The van der Waals surface area contributed by atoms with Crippen molar-refractivity contribution in [2.24, 2.45) is 5.73 Å². The number of thiol groups is 1. The van der Waals surface area contributed by atoms with Crippen LogP contribution in [0.25, 0.3) is 0 Å². The van der Waals surface area contributed by atoms with Gasteiger partial charge in [0, 0.05) is 6.04 Å². The van der Waals surface area contributed by atoms with Crippen LogP contribution < -0.4 is 5.73 Å². The van der Waals surface area contributed by atoms with Crippen LogP contribution in [0.1, 0.15) is 19.8 Å². The summed E-state index contributed by atoms with van der Waals surface area (Å²) in [4.78, 5) is 0. The Morgan fingerprint density at radius 3 is 2.78 bits per heavy atom. The molecule has 0 radical (unpaired) electrons. The van der Waals surface area contributed by atoms with E-state index in [2.05, 4.69) is 12.6 Å². The summed E-state index contributed by atoms with van der Waals surface area (Å²) in [6, 6.07) is 0.238. The highest BCUT2D eigenvalue weighted by Gasteiger charge is 1.93. The van der Waals surface area contributed by atoms with E-state index in [-0.39, 0.29) is 6.04 Å². The van der Waals surface area contributed by atoms with Crippen molar-refractivity contribution in [2.75, 3.05) is 5.75 Å². The van der Waals surface area contributed by atoms with Gasteiger partial charge in [0.25, 0.3) is 0 Å². The van der Waals surface area contributed by atoms with Crippen molar-refractivity contribution in [3.8, 4) is 0 Å². The van der Waals surface area contributed by atoms with Crippen molar-refractivity contribution in [1.82, 2.24) is 0 Å². The van der Waals surface area contributed by atoms with Crippen molar-refractivity contribution in [2.45, 2.75) is 25.8 Å². The van der Waals surface area contributed by atoms with Crippen LogP contribution in [0.5, 0.6) is 0 Å². The largest absolute Gasteiger partial charge is 0.324 e. The number of allylic oxidation sites excluding steroid dienone is 1. The molecule has 0 rings (SSSR count). The van der Waals surface area contributed by atoms with Gasteiger partial charge in [-0.3, -0.25) is 0 Å².